The lowest BCUT2D eigenvalue weighted by molar-refractivity contribution is 0.563. The standard InChI is InChI=1S/C26H17N5O3S/c1-15-23(29-28-17-8-3-2-4-9-17)24(32)31(30-15)26-27-21(14-35-26)20-13-19-18-10-6-5-7-16(18)11-12-22(19)34-25(20)33/h2-14,30H,1H3. The second kappa shape index (κ2) is 8.30. The van der Waals surface area contributed by atoms with Crippen LogP contribution in [0.15, 0.2) is 102 Å². The first-order valence-corrected chi connectivity index (χ1v) is 11.7. The van der Waals surface area contributed by atoms with E-state index < -0.39 is 5.63 Å². The van der Waals surface area contributed by atoms with Crippen LogP contribution in [0.3, 0.4) is 0 Å². The third kappa shape index (κ3) is 3.68. The molecule has 1 N–H and O–H groups in total. The zero-order chi connectivity index (χ0) is 23.9. The third-order valence-electron chi connectivity index (χ3n) is 5.66. The molecule has 170 valence electrons. The molecule has 0 aliphatic carbocycles. The van der Waals surface area contributed by atoms with Gasteiger partial charge >= 0.3 is 11.2 Å². The number of benzene rings is 3. The number of H-pyrrole nitrogens is 1. The van der Waals surface area contributed by atoms with Crippen LogP contribution in [0.25, 0.3) is 38.1 Å². The van der Waals surface area contributed by atoms with E-state index >= 15 is 0 Å². The molecule has 0 saturated heterocycles. The predicted octanol–water partition coefficient (Wildman–Crippen LogP) is 6.27. The monoisotopic (exact) mass is 479 g/mol. The number of aromatic nitrogens is 3. The van der Waals surface area contributed by atoms with Crippen molar-refractivity contribution in [3.8, 4) is 16.4 Å². The number of hydrogen-bond donors (Lipinski definition) is 1. The number of nitrogens with zero attached hydrogens (tertiary/aromatic N) is 4. The molecule has 0 bridgehead atoms. The lowest BCUT2D eigenvalue weighted by Gasteiger charge is -2.04. The van der Waals surface area contributed by atoms with Crippen molar-refractivity contribution in [2.75, 3.05) is 0 Å². The zero-order valence-electron chi connectivity index (χ0n) is 18.4. The van der Waals surface area contributed by atoms with Gasteiger partial charge in [-0.15, -0.1) is 16.5 Å². The summed E-state index contributed by atoms with van der Waals surface area (Å²) in [5.41, 5.74) is 1.81. The molecule has 8 nitrogen and oxygen atoms in total. The summed E-state index contributed by atoms with van der Waals surface area (Å²) in [7, 11) is 0. The van der Waals surface area contributed by atoms with Crippen LogP contribution in [-0.2, 0) is 0 Å². The Morgan fingerprint density at radius 2 is 1.74 bits per heavy atom. The minimum absolute atomic E-state index is 0.197. The second-order valence-electron chi connectivity index (χ2n) is 7.92. The van der Waals surface area contributed by atoms with E-state index in [1.54, 1.807) is 36.6 Å². The summed E-state index contributed by atoms with van der Waals surface area (Å²) in [6.45, 7) is 1.74. The highest BCUT2D eigenvalue weighted by Crippen LogP contribution is 2.29. The molecule has 0 atom stereocenters. The smallest absolute Gasteiger partial charge is 0.345 e. The number of hydrogen-bond acceptors (Lipinski definition) is 7. The van der Waals surface area contributed by atoms with E-state index in [-0.39, 0.29) is 11.2 Å². The lowest BCUT2D eigenvalue weighted by Crippen LogP contribution is -2.14. The van der Waals surface area contributed by atoms with E-state index in [0.717, 1.165) is 16.2 Å². The molecule has 3 aromatic carbocycles. The van der Waals surface area contributed by atoms with Gasteiger partial charge < -0.3 is 4.42 Å². The van der Waals surface area contributed by atoms with Crippen molar-refractivity contribution in [3.63, 3.8) is 0 Å². The van der Waals surface area contributed by atoms with Gasteiger partial charge in [-0.25, -0.2) is 9.78 Å². The molecule has 3 aromatic heterocycles. The first kappa shape index (κ1) is 20.9. The van der Waals surface area contributed by atoms with E-state index in [4.69, 9.17) is 4.42 Å². The molecule has 6 aromatic rings. The molecule has 0 unspecified atom stereocenters. The Hall–Kier alpha value is -4.63. The Morgan fingerprint density at radius 3 is 2.60 bits per heavy atom. The largest absolute Gasteiger partial charge is 0.422 e. The van der Waals surface area contributed by atoms with E-state index in [9.17, 15) is 9.59 Å². The third-order valence-corrected chi connectivity index (χ3v) is 6.49. The normalized spacial score (nSPS) is 11.7. The van der Waals surface area contributed by atoms with Gasteiger partial charge in [0.1, 0.15) is 5.58 Å². The number of rotatable bonds is 4. The van der Waals surface area contributed by atoms with Crippen molar-refractivity contribution in [3.05, 3.63) is 105 Å². The first-order valence-electron chi connectivity index (χ1n) is 10.8. The summed E-state index contributed by atoms with van der Waals surface area (Å²) in [5, 5.41) is 16.2. The fraction of sp³-hybridized carbons (Fsp3) is 0.0385. The maximum Gasteiger partial charge on any atom is 0.345 e. The summed E-state index contributed by atoms with van der Waals surface area (Å²) in [6.07, 6.45) is 0. The number of fused-ring (bicyclic) bond motifs is 3. The van der Waals surface area contributed by atoms with E-state index in [0.29, 0.717) is 33.4 Å². The SMILES string of the molecule is Cc1[nH]n(-c2nc(-c3cc4c(ccc5ccccc54)oc3=O)cs2)c(=O)c1N=Nc1ccccc1. The Labute approximate surface area is 201 Å². The van der Waals surface area contributed by atoms with Crippen molar-refractivity contribution in [2.24, 2.45) is 10.2 Å². The number of thiazole rings is 1. The first-order chi connectivity index (χ1) is 17.1. The van der Waals surface area contributed by atoms with Gasteiger partial charge in [-0.05, 0) is 42.0 Å². The van der Waals surface area contributed by atoms with Gasteiger partial charge in [0.15, 0.2) is 5.69 Å². The molecule has 3 heterocycles. The fourth-order valence-corrected chi connectivity index (χ4v) is 4.72. The minimum Gasteiger partial charge on any atom is -0.422 e. The van der Waals surface area contributed by atoms with Crippen molar-refractivity contribution < 1.29 is 4.42 Å². The summed E-state index contributed by atoms with van der Waals surface area (Å²) in [5.74, 6) is 0. The van der Waals surface area contributed by atoms with E-state index in [2.05, 4.69) is 20.3 Å². The summed E-state index contributed by atoms with van der Waals surface area (Å²) in [4.78, 5) is 30.3. The highest BCUT2D eigenvalue weighted by Gasteiger charge is 2.17. The highest BCUT2D eigenvalue weighted by molar-refractivity contribution is 7.12. The van der Waals surface area contributed by atoms with Crippen molar-refractivity contribution in [1.82, 2.24) is 14.8 Å². The average molecular weight is 480 g/mol. The van der Waals surface area contributed by atoms with Crippen LogP contribution < -0.4 is 11.2 Å². The number of aromatic amines is 1. The fourth-order valence-electron chi connectivity index (χ4n) is 3.93. The van der Waals surface area contributed by atoms with E-state index in [1.165, 1.54) is 16.0 Å². The number of azo groups is 1. The van der Waals surface area contributed by atoms with Crippen LogP contribution in [0, 0.1) is 6.92 Å². The Kier molecular flexibility index (Phi) is 4.97. The second-order valence-corrected chi connectivity index (χ2v) is 8.76. The van der Waals surface area contributed by atoms with Crippen LogP contribution in [0.5, 0.6) is 0 Å². The molecule has 0 amide bonds. The number of aryl methyl sites for hydroxylation is 1. The maximum atomic E-state index is 13.0. The topological polar surface area (TPSA) is 106 Å². The van der Waals surface area contributed by atoms with Crippen LogP contribution in [-0.4, -0.2) is 14.8 Å². The van der Waals surface area contributed by atoms with Gasteiger partial charge in [0.25, 0.3) is 0 Å². The molecule has 0 aliphatic rings. The van der Waals surface area contributed by atoms with Gasteiger partial charge in [0, 0.05) is 10.8 Å². The zero-order valence-corrected chi connectivity index (χ0v) is 19.2. The summed E-state index contributed by atoms with van der Waals surface area (Å²) in [6, 6.07) is 22.6. The minimum atomic E-state index is -0.489. The summed E-state index contributed by atoms with van der Waals surface area (Å²) < 4.78 is 6.90. The van der Waals surface area contributed by atoms with Crippen LogP contribution >= 0.6 is 11.3 Å². The molecule has 0 fully saturated rings. The van der Waals surface area contributed by atoms with Crippen molar-refractivity contribution >= 4 is 44.5 Å². The van der Waals surface area contributed by atoms with Gasteiger partial charge in [-0.3, -0.25) is 9.89 Å². The molecule has 35 heavy (non-hydrogen) atoms. The molecule has 0 aliphatic heterocycles. The van der Waals surface area contributed by atoms with Crippen molar-refractivity contribution in [1.29, 1.82) is 0 Å². The molecule has 9 heteroatoms. The Balaban J connectivity index is 1.41. The van der Waals surface area contributed by atoms with Gasteiger partial charge in [-0.1, -0.05) is 48.5 Å². The molecular weight excluding hydrogens is 462 g/mol. The highest BCUT2D eigenvalue weighted by atomic mass is 32.1. The lowest BCUT2D eigenvalue weighted by atomic mass is 10.0. The van der Waals surface area contributed by atoms with Gasteiger partial charge in [0.05, 0.1) is 22.6 Å². The quantitative estimate of drug-likeness (QED) is 0.183. The van der Waals surface area contributed by atoms with Crippen LogP contribution in [0.1, 0.15) is 5.69 Å². The Bertz CT molecular complexity index is 1860. The van der Waals surface area contributed by atoms with Crippen LogP contribution in [0.2, 0.25) is 0 Å². The molecule has 0 spiro atoms. The molecule has 0 saturated carbocycles. The molecule has 0 radical (unpaired) electrons. The van der Waals surface area contributed by atoms with Crippen molar-refractivity contribution in [2.45, 2.75) is 6.92 Å². The summed E-state index contributed by atoms with van der Waals surface area (Å²) >= 11 is 1.23. The van der Waals surface area contributed by atoms with Crippen LogP contribution in [0.4, 0.5) is 11.4 Å². The maximum absolute atomic E-state index is 13.0. The molecule has 6 rings (SSSR count). The predicted molar refractivity (Wildman–Crippen MR) is 136 cm³/mol. The Morgan fingerprint density at radius 1 is 0.943 bits per heavy atom. The average Bonchev–Trinajstić information content (AvgIpc) is 3.47. The van der Waals surface area contributed by atoms with Gasteiger partial charge in [-0.2, -0.15) is 9.80 Å². The molecular formula is C26H17N5O3S. The number of nitrogens with one attached hydrogen (secondary N) is 1. The van der Waals surface area contributed by atoms with Gasteiger partial charge in [0.2, 0.25) is 5.13 Å². The van der Waals surface area contributed by atoms with E-state index in [1.807, 2.05) is 48.5 Å².